The van der Waals surface area contributed by atoms with E-state index in [-0.39, 0.29) is 11.8 Å². The number of hydrogen-bond acceptors (Lipinski definition) is 4. The lowest BCUT2D eigenvalue weighted by Crippen LogP contribution is -2.16. The van der Waals surface area contributed by atoms with Crippen molar-refractivity contribution in [1.82, 2.24) is 0 Å². The van der Waals surface area contributed by atoms with Crippen LogP contribution < -0.4 is 0 Å². The number of rotatable bonds is 6. The molecular formula is C18H23NO3S. The molecule has 2 aromatic rings. The highest BCUT2D eigenvalue weighted by atomic mass is 32.2. The molecular weight excluding hydrogens is 310 g/mol. The fraction of sp³-hybridized carbons (Fsp3) is 0.333. The van der Waals surface area contributed by atoms with E-state index >= 15 is 0 Å². The highest BCUT2D eigenvalue weighted by molar-refractivity contribution is 7.96. The fourth-order valence-corrected chi connectivity index (χ4v) is 3.83. The molecule has 0 saturated carbocycles. The lowest BCUT2D eigenvalue weighted by molar-refractivity contribution is 0.0860. The Morgan fingerprint density at radius 2 is 1.87 bits per heavy atom. The van der Waals surface area contributed by atoms with Crippen LogP contribution >= 0.6 is 0 Å². The van der Waals surface area contributed by atoms with Gasteiger partial charge < -0.3 is 9.52 Å². The van der Waals surface area contributed by atoms with Crippen LogP contribution in [0.3, 0.4) is 0 Å². The monoisotopic (exact) mass is 333 g/mol. The van der Waals surface area contributed by atoms with Gasteiger partial charge in [0.05, 0.1) is 20.9 Å². The predicted molar refractivity (Wildman–Crippen MR) is 92.3 cm³/mol. The zero-order chi connectivity index (χ0) is 16.9. The molecule has 0 aliphatic carbocycles. The van der Waals surface area contributed by atoms with Crippen LogP contribution in [0.1, 0.15) is 25.7 Å². The third-order valence-corrected chi connectivity index (χ3v) is 5.82. The van der Waals surface area contributed by atoms with Crippen molar-refractivity contribution in [2.45, 2.75) is 24.8 Å². The SMILES string of the molecule is CN=S(=O)(/C=C/[C@@H](C(C)C)[C@@H](O)c1ccco1)c1ccccc1. The van der Waals surface area contributed by atoms with Crippen LogP contribution in [0.25, 0.3) is 0 Å². The molecule has 5 heteroatoms. The van der Waals surface area contributed by atoms with Gasteiger partial charge in [0, 0.05) is 18.4 Å². The second-order valence-electron chi connectivity index (χ2n) is 5.67. The second-order valence-corrected chi connectivity index (χ2v) is 7.92. The summed E-state index contributed by atoms with van der Waals surface area (Å²) in [6.45, 7) is 4.02. The second kappa shape index (κ2) is 7.62. The maximum atomic E-state index is 13.0. The molecule has 0 radical (unpaired) electrons. The number of benzene rings is 1. The standard InChI is InChI=1S/C18H23NO3S/c1-14(2)16(18(20)17-10-7-12-22-17)11-13-23(21,19-3)15-8-5-4-6-9-15/h4-14,16,18,20H,1-3H3/b13-11+/t16-,18+,23?/m0/s1. The normalized spacial score (nSPS) is 17.1. The fourth-order valence-electron chi connectivity index (χ4n) is 2.40. The quantitative estimate of drug-likeness (QED) is 0.859. The third-order valence-electron chi connectivity index (χ3n) is 3.81. The zero-order valence-electron chi connectivity index (χ0n) is 13.6. The van der Waals surface area contributed by atoms with Crippen LogP contribution in [0.15, 0.2) is 73.9 Å². The Kier molecular flexibility index (Phi) is 5.80. The van der Waals surface area contributed by atoms with Gasteiger partial charge in [0.2, 0.25) is 0 Å². The van der Waals surface area contributed by atoms with Crippen LogP contribution in [-0.2, 0) is 9.73 Å². The van der Waals surface area contributed by atoms with Crippen molar-refractivity contribution in [3.63, 3.8) is 0 Å². The molecule has 0 amide bonds. The Morgan fingerprint density at radius 1 is 1.17 bits per heavy atom. The first-order valence-corrected chi connectivity index (χ1v) is 9.16. The van der Waals surface area contributed by atoms with Crippen LogP contribution in [0.2, 0.25) is 0 Å². The summed E-state index contributed by atoms with van der Waals surface area (Å²) in [5.41, 5.74) is 0. The first-order valence-electron chi connectivity index (χ1n) is 7.58. The van der Waals surface area contributed by atoms with Gasteiger partial charge in [-0.25, -0.2) is 8.57 Å². The lowest BCUT2D eigenvalue weighted by Gasteiger charge is -2.22. The maximum absolute atomic E-state index is 13.0. The Bertz CT molecular complexity index is 742. The van der Waals surface area contributed by atoms with E-state index in [2.05, 4.69) is 4.36 Å². The molecule has 1 heterocycles. The summed E-state index contributed by atoms with van der Waals surface area (Å²) in [6, 6.07) is 12.6. The highest BCUT2D eigenvalue weighted by Gasteiger charge is 2.24. The van der Waals surface area contributed by atoms with Gasteiger partial charge in [0.1, 0.15) is 11.9 Å². The van der Waals surface area contributed by atoms with Gasteiger partial charge in [-0.2, -0.15) is 0 Å². The van der Waals surface area contributed by atoms with Gasteiger partial charge >= 0.3 is 0 Å². The van der Waals surface area contributed by atoms with Crippen molar-refractivity contribution in [3.8, 4) is 0 Å². The van der Waals surface area contributed by atoms with E-state index in [9.17, 15) is 9.32 Å². The summed E-state index contributed by atoms with van der Waals surface area (Å²) in [4.78, 5) is 0.661. The summed E-state index contributed by atoms with van der Waals surface area (Å²) in [5.74, 6) is 0.447. The lowest BCUT2D eigenvalue weighted by atomic mass is 9.89. The third kappa shape index (κ3) is 4.12. The Morgan fingerprint density at radius 3 is 2.39 bits per heavy atom. The highest BCUT2D eigenvalue weighted by Crippen LogP contribution is 2.30. The molecule has 4 nitrogen and oxygen atoms in total. The molecule has 2 rings (SSSR count). The minimum atomic E-state index is -2.63. The molecule has 1 aromatic heterocycles. The van der Waals surface area contributed by atoms with Crippen molar-refractivity contribution < 1.29 is 13.7 Å². The molecule has 124 valence electrons. The van der Waals surface area contributed by atoms with Crippen LogP contribution in [-0.4, -0.2) is 16.4 Å². The average Bonchev–Trinajstić information content (AvgIpc) is 3.09. The molecule has 23 heavy (non-hydrogen) atoms. The number of aliphatic hydroxyl groups excluding tert-OH is 1. The summed E-state index contributed by atoms with van der Waals surface area (Å²) in [5, 5.41) is 12.1. The van der Waals surface area contributed by atoms with Crippen molar-refractivity contribution in [1.29, 1.82) is 0 Å². The minimum Gasteiger partial charge on any atom is -0.467 e. The number of aliphatic hydroxyl groups is 1. The van der Waals surface area contributed by atoms with Crippen molar-refractivity contribution in [2.24, 2.45) is 16.2 Å². The van der Waals surface area contributed by atoms with Gasteiger partial charge in [0.25, 0.3) is 0 Å². The summed E-state index contributed by atoms with van der Waals surface area (Å²) >= 11 is 0. The van der Waals surface area contributed by atoms with E-state index in [1.54, 1.807) is 42.8 Å². The van der Waals surface area contributed by atoms with E-state index in [0.29, 0.717) is 10.7 Å². The topological polar surface area (TPSA) is 62.8 Å². The molecule has 3 atom stereocenters. The van der Waals surface area contributed by atoms with E-state index in [0.717, 1.165) is 0 Å². The first kappa shape index (κ1) is 17.5. The van der Waals surface area contributed by atoms with Crippen LogP contribution in [0.5, 0.6) is 0 Å². The molecule has 0 fully saturated rings. The molecule has 1 N–H and O–H groups in total. The van der Waals surface area contributed by atoms with Gasteiger partial charge in [-0.1, -0.05) is 38.1 Å². The first-order chi connectivity index (χ1) is 11.0. The Labute approximate surface area is 138 Å². The molecule has 0 saturated heterocycles. The minimum absolute atomic E-state index is 0.155. The van der Waals surface area contributed by atoms with Gasteiger partial charge in [-0.05, 0) is 30.2 Å². The van der Waals surface area contributed by atoms with Crippen molar-refractivity contribution >= 4 is 9.73 Å². The largest absolute Gasteiger partial charge is 0.467 e. The molecule has 0 spiro atoms. The predicted octanol–water partition coefficient (Wildman–Crippen LogP) is 4.26. The zero-order valence-corrected chi connectivity index (χ0v) is 14.4. The number of hydrogen-bond donors (Lipinski definition) is 1. The van der Waals surface area contributed by atoms with Gasteiger partial charge in [-0.15, -0.1) is 0 Å². The Hall–Kier alpha value is -1.85. The molecule has 0 aliphatic heterocycles. The van der Waals surface area contributed by atoms with Crippen LogP contribution in [0, 0.1) is 11.8 Å². The summed E-state index contributed by atoms with van der Waals surface area (Å²) in [7, 11) is -1.09. The molecule has 0 aliphatic rings. The summed E-state index contributed by atoms with van der Waals surface area (Å²) < 4.78 is 22.4. The smallest absolute Gasteiger partial charge is 0.132 e. The molecule has 1 unspecified atom stereocenters. The van der Waals surface area contributed by atoms with E-state index in [4.69, 9.17) is 4.42 Å². The maximum Gasteiger partial charge on any atom is 0.132 e. The van der Waals surface area contributed by atoms with E-state index in [1.165, 1.54) is 6.26 Å². The van der Waals surface area contributed by atoms with Gasteiger partial charge in [-0.3, -0.25) is 0 Å². The number of furan rings is 1. The Balaban J connectivity index is 2.32. The van der Waals surface area contributed by atoms with Crippen molar-refractivity contribution in [2.75, 3.05) is 7.05 Å². The van der Waals surface area contributed by atoms with E-state index < -0.39 is 15.8 Å². The van der Waals surface area contributed by atoms with Gasteiger partial charge in [0.15, 0.2) is 0 Å². The average molecular weight is 333 g/mol. The summed E-state index contributed by atoms with van der Waals surface area (Å²) in [6.07, 6.45) is 2.55. The van der Waals surface area contributed by atoms with E-state index in [1.807, 2.05) is 32.0 Å². The molecule has 1 aromatic carbocycles. The number of nitrogens with zero attached hydrogens (tertiary/aromatic N) is 1. The van der Waals surface area contributed by atoms with Crippen LogP contribution in [0.4, 0.5) is 0 Å². The molecule has 0 bridgehead atoms. The van der Waals surface area contributed by atoms with Crippen molar-refractivity contribution in [3.05, 3.63) is 66.0 Å².